The van der Waals surface area contributed by atoms with Crippen molar-refractivity contribution in [2.75, 3.05) is 6.54 Å². The van der Waals surface area contributed by atoms with Gasteiger partial charge in [-0.15, -0.1) is 0 Å². The van der Waals surface area contributed by atoms with Crippen molar-refractivity contribution in [3.05, 3.63) is 35.9 Å². The van der Waals surface area contributed by atoms with Crippen molar-refractivity contribution in [1.82, 2.24) is 16.0 Å². The molecule has 0 saturated carbocycles. The van der Waals surface area contributed by atoms with Crippen LogP contribution in [-0.2, 0) is 25.6 Å². The third-order valence-electron chi connectivity index (χ3n) is 5.92. The monoisotopic (exact) mass is 546 g/mol. The first-order valence-corrected chi connectivity index (χ1v) is 13.3. The fraction of sp³-hybridized carbons (Fsp3) is 0.593. The lowest BCUT2D eigenvalue weighted by Gasteiger charge is -2.27. The summed E-state index contributed by atoms with van der Waals surface area (Å²) in [6.07, 6.45) is 1.62. The number of aliphatic imine (C=N–C) groups is 1. The molecule has 12 nitrogen and oxygen atoms in total. The van der Waals surface area contributed by atoms with Gasteiger partial charge in [-0.05, 0) is 49.5 Å². The maximum absolute atomic E-state index is 13.3. The van der Waals surface area contributed by atoms with E-state index in [-0.39, 0.29) is 30.8 Å². The number of guanidine groups is 1. The second-order valence-corrected chi connectivity index (χ2v) is 10.6. The quantitative estimate of drug-likeness (QED) is 0.0780. The predicted molar refractivity (Wildman–Crippen MR) is 152 cm³/mol. The average Bonchev–Trinajstić information content (AvgIpc) is 2.84. The van der Waals surface area contributed by atoms with Gasteiger partial charge in [-0.2, -0.15) is 0 Å². The average molecular weight is 547 g/mol. The molecular weight excluding hydrogens is 500 g/mol. The van der Waals surface area contributed by atoms with Gasteiger partial charge in [-0.3, -0.25) is 24.2 Å². The molecule has 218 valence electrons. The summed E-state index contributed by atoms with van der Waals surface area (Å²) in [5.41, 5.74) is 23.1. The number of carbonyl (C=O) groups excluding carboxylic acids is 4. The van der Waals surface area contributed by atoms with Crippen molar-refractivity contribution >= 4 is 29.6 Å². The molecule has 39 heavy (non-hydrogen) atoms. The first-order chi connectivity index (χ1) is 18.3. The highest BCUT2D eigenvalue weighted by Gasteiger charge is 2.30. The first kappa shape index (κ1) is 33.4. The number of carbonyl (C=O) groups is 4. The molecule has 1 aromatic rings. The molecule has 12 heteroatoms. The molecule has 0 aliphatic heterocycles. The van der Waals surface area contributed by atoms with Crippen molar-refractivity contribution in [3.63, 3.8) is 0 Å². The fourth-order valence-electron chi connectivity index (χ4n) is 3.98. The molecule has 0 aromatic heterocycles. The van der Waals surface area contributed by atoms with Gasteiger partial charge in [0.05, 0.1) is 6.04 Å². The summed E-state index contributed by atoms with van der Waals surface area (Å²) >= 11 is 0. The fourth-order valence-corrected chi connectivity index (χ4v) is 3.98. The molecule has 1 rings (SSSR count). The zero-order valence-corrected chi connectivity index (χ0v) is 23.5. The van der Waals surface area contributed by atoms with Crippen molar-refractivity contribution in [1.29, 1.82) is 0 Å². The van der Waals surface area contributed by atoms with E-state index in [2.05, 4.69) is 20.9 Å². The van der Waals surface area contributed by atoms with E-state index < -0.39 is 47.8 Å². The van der Waals surface area contributed by atoms with Crippen LogP contribution in [0.5, 0.6) is 0 Å². The molecule has 0 fully saturated rings. The Labute approximate surface area is 231 Å². The Kier molecular flexibility index (Phi) is 14.6. The Balaban J connectivity index is 2.93. The minimum atomic E-state index is -0.958. The minimum Gasteiger partial charge on any atom is -0.370 e. The predicted octanol–water partition coefficient (Wildman–Crippen LogP) is -0.358. The van der Waals surface area contributed by atoms with Gasteiger partial charge in [0.15, 0.2) is 5.96 Å². The highest BCUT2D eigenvalue weighted by Crippen LogP contribution is 2.11. The van der Waals surface area contributed by atoms with Crippen LogP contribution in [-0.4, -0.2) is 60.3 Å². The van der Waals surface area contributed by atoms with Crippen molar-refractivity contribution in [3.8, 4) is 0 Å². The number of amides is 4. The Hall–Kier alpha value is -3.67. The number of nitrogens with zero attached hydrogens (tertiary/aromatic N) is 1. The van der Waals surface area contributed by atoms with E-state index in [0.717, 1.165) is 5.56 Å². The highest BCUT2D eigenvalue weighted by molar-refractivity contribution is 5.94. The van der Waals surface area contributed by atoms with E-state index in [1.54, 1.807) is 0 Å². The van der Waals surface area contributed by atoms with Gasteiger partial charge in [-0.25, -0.2) is 0 Å². The van der Waals surface area contributed by atoms with Crippen LogP contribution in [0.1, 0.15) is 58.9 Å². The lowest BCUT2D eigenvalue weighted by molar-refractivity contribution is -0.134. The van der Waals surface area contributed by atoms with Crippen LogP contribution in [0.4, 0.5) is 0 Å². The van der Waals surface area contributed by atoms with Crippen LogP contribution < -0.4 is 38.9 Å². The van der Waals surface area contributed by atoms with E-state index in [9.17, 15) is 19.2 Å². The van der Waals surface area contributed by atoms with Crippen molar-refractivity contribution < 1.29 is 19.2 Å². The number of primary amides is 1. The molecule has 4 atom stereocenters. The second kappa shape index (κ2) is 17.0. The van der Waals surface area contributed by atoms with Crippen LogP contribution in [0.2, 0.25) is 0 Å². The number of rotatable bonds is 17. The number of benzene rings is 1. The van der Waals surface area contributed by atoms with Crippen LogP contribution in [0, 0.1) is 11.8 Å². The summed E-state index contributed by atoms with van der Waals surface area (Å²) in [6.45, 7) is 7.94. The lowest BCUT2D eigenvalue weighted by atomic mass is 9.99. The van der Waals surface area contributed by atoms with E-state index >= 15 is 0 Å². The molecule has 0 aliphatic carbocycles. The molecule has 0 bridgehead atoms. The molecular formula is C27H46N8O4. The van der Waals surface area contributed by atoms with Gasteiger partial charge >= 0.3 is 0 Å². The van der Waals surface area contributed by atoms with Gasteiger partial charge in [0.1, 0.15) is 18.1 Å². The van der Waals surface area contributed by atoms with Crippen molar-refractivity contribution in [2.45, 2.75) is 84.0 Å². The van der Waals surface area contributed by atoms with E-state index in [1.165, 1.54) is 0 Å². The smallest absolute Gasteiger partial charge is 0.243 e. The number of nitrogens with two attached hydrogens (primary N) is 4. The Bertz CT molecular complexity index is 964. The van der Waals surface area contributed by atoms with Crippen LogP contribution in [0.3, 0.4) is 0 Å². The second-order valence-electron chi connectivity index (χ2n) is 10.6. The first-order valence-electron chi connectivity index (χ1n) is 13.3. The summed E-state index contributed by atoms with van der Waals surface area (Å²) in [5, 5.41) is 8.15. The normalized spacial score (nSPS) is 14.1. The summed E-state index contributed by atoms with van der Waals surface area (Å²) in [6, 6.07) is 5.71. The van der Waals surface area contributed by atoms with E-state index in [1.807, 2.05) is 58.0 Å². The van der Waals surface area contributed by atoms with Gasteiger partial charge in [0.2, 0.25) is 23.6 Å². The van der Waals surface area contributed by atoms with E-state index in [4.69, 9.17) is 22.9 Å². The summed E-state index contributed by atoms with van der Waals surface area (Å²) in [7, 11) is 0. The zero-order chi connectivity index (χ0) is 29.5. The largest absolute Gasteiger partial charge is 0.370 e. The number of hydrogen-bond acceptors (Lipinski definition) is 6. The molecule has 0 radical (unpaired) electrons. The van der Waals surface area contributed by atoms with Crippen LogP contribution in [0.15, 0.2) is 35.3 Å². The topological polar surface area (TPSA) is 221 Å². The summed E-state index contributed by atoms with van der Waals surface area (Å²) in [5.74, 6) is -2.16. The molecule has 11 N–H and O–H groups in total. The molecule has 1 aromatic carbocycles. The molecule has 0 unspecified atom stereocenters. The summed E-state index contributed by atoms with van der Waals surface area (Å²) in [4.78, 5) is 55.1. The molecule has 0 aliphatic rings. The zero-order valence-electron chi connectivity index (χ0n) is 23.5. The third-order valence-corrected chi connectivity index (χ3v) is 5.92. The standard InChI is InChI=1S/C27H46N8O4/c1-16(2)13-21(34-24(37)19(28)15-18-9-6-5-7-10-18)26(39)35-22(14-17(3)4)25(38)33-20(23(29)36)11-8-12-32-27(30)31/h5-7,9-10,16-17,19-22H,8,11-15,28H2,1-4H3,(H2,29,36)(H,33,38)(H,34,37)(H,35,39)(H4,30,31,32)/t19-,20-,21-,22-/m0/s1. The number of hydrogen-bond donors (Lipinski definition) is 7. The number of nitrogens with one attached hydrogen (secondary N) is 3. The lowest BCUT2D eigenvalue weighted by Crippen LogP contribution is -2.58. The van der Waals surface area contributed by atoms with Gasteiger partial charge in [0, 0.05) is 6.54 Å². The maximum atomic E-state index is 13.3. The molecule has 4 amide bonds. The molecule has 0 spiro atoms. The maximum Gasteiger partial charge on any atom is 0.243 e. The Morgan fingerprint density at radius 2 is 1.26 bits per heavy atom. The van der Waals surface area contributed by atoms with Gasteiger partial charge in [0.25, 0.3) is 0 Å². The third kappa shape index (κ3) is 13.6. The highest BCUT2D eigenvalue weighted by atomic mass is 16.2. The molecule has 0 saturated heterocycles. The molecule has 0 heterocycles. The summed E-state index contributed by atoms with van der Waals surface area (Å²) < 4.78 is 0. The van der Waals surface area contributed by atoms with Gasteiger partial charge < -0.3 is 38.9 Å². The Morgan fingerprint density at radius 1 is 0.769 bits per heavy atom. The minimum absolute atomic E-state index is 0.0485. The van der Waals surface area contributed by atoms with E-state index in [0.29, 0.717) is 25.7 Å². The van der Waals surface area contributed by atoms with Crippen molar-refractivity contribution in [2.24, 2.45) is 39.8 Å². The van der Waals surface area contributed by atoms with Crippen LogP contribution in [0.25, 0.3) is 0 Å². The Morgan fingerprint density at radius 3 is 1.72 bits per heavy atom. The van der Waals surface area contributed by atoms with Gasteiger partial charge in [-0.1, -0.05) is 58.0 Å². The van der Waals surface area contributed by atoms with Crippen LogP contribution >= 0.6 is 0 Å². The SMILES string of the molecule is CC(C)C[C@H](NC(=O)[C@H](CC(C)C)NC(=O)[C@@H](N)Cc1ccccc1)C(=O)N[C@@H](CCCN=C(N)N)C(N)=O.